The summed E-state index contributed by atoms with van der Waals surface area (Å²) in [6, 6.07) is 3.67. The van der Waals surface area contributed by atoms with Gasteiger partial charge >= 0.3 is 5.97 Å². The summed E-state index contributed by atoms with van der Waals surface area (Å²) < 4.78 is 23.4. The van der Waals surface area contributed by atoms with E-state index in [0.717, 1.165) is 38.0 Å². The number of amides is 1. The topological polar surface area (TPSA) is 101 Å². The number of carbonyl (C=O) groups excluding carboxylic acids is 1. The van der Waals surface area contributed by atoms with Gasteiger partial charge in [0, 0.05) is 18.4 Å². The van der Waals surface area contributed by atoms with Gasteiger partial charge in [-0.25, -0.2) is 13.2 Å². The molecule has 0 heterocycles. The standard InChI is InChI=1S/C18H25NO5S/c1-18(2)6-4-12(5-7-18)8-16(20)19-14-9-13(17(21)22)10-15(11-14)25(3,23)24/h9-12H,4-8H2,1-3H3,(H,19,20)(H,21,22). The number of carboxylic acids is 1. The molecule has 138 valence electrons. The van der Waals surface area contributed by atoms with E-state index >= 15 is 0 Å². The molecule has 1 amide bonds. The van der Waals surface area contributed by atoms with Gasteiger partial charge in [-0.3, -0.25) is 4.79 Å². The molecule has 0 aliphatic heterocycles. The number of nitrogens with one attached hydrogen (secondary N) is 1. The lowest BCUT2D eigenvalue weighted by atomic mass is 9.72. The van der Waals surface area contributed by atoms with Gasteiger partial charge in [0.25, 0.3) is 0 Å². The number of hydrogen-bond acceptors (Lipinski definition) is 4. The highest BCUT2D eigenvalue weighted by atomic mass is 32.2. The van der Waals surface area contributed by atoms with E-state index in [0.29, 0.717) is 17.8 Å². The van der Waals surface area contributed by atoms with Crippen molar-refractivity contribution >= 4 is 27.4 Å². The van der Waals surface area contributed by atoms with Crippen molar-refractivity contribution in [2.24, 2.45) is 11.3 Å². The molecule has 2 rings (SSSR count). The molecule has 0 aromatic heterocycles. The van der Waals surface area contributed by atoms with Crippen molar-refractivity contribution in [2.75, 3.05) is 11.6 Å². The van der Waals surface area contributed by atoms with Gasteiger partial charge in [-0.05, 0) is 55.2 Å². The van der Waals surface area contributed by atoms with Gasteiger partial charge in [0.15, 0.2) is 9.84 Å². The minimum atomic E-state index is -3.57. The number of hydrogen-bond donors (Lipinski definition) is 2. The zero-order valence-electron chi connectivity index (χ0n) is 14.8. The molecule has 25 heavy (non-hydrogen) atoms. The minimum absolute atomic E-state index is 0.123. The molecule has 1 saturated carbocycles. The SMILES string of the molecule is CC1(C)CCC(CC(=O)Nc2cc(C(=O)O)cc(S(C)(=O)=O)c2)CC1. The number of anilines is 1. The zero-order valence-corrected chi connectivity index (χ0v) is 15.6. The van der Waals surface area contributed by atoms with Crippen LogP contribution in [0.3, 0.4) is 0 Å². The van der Waals surface area contributed by atoms with Crippen molar-refractivity contribution in [3.63, 3.8) is 0 Å². The fourth-order valence-corrected chi connectivity index (χ4v) is 3.83. The lowest BCUT2D eigenvalue weighted by molar-refractivity contribution is -0.117. The van der Waals surface area contributed by atoms with Crippen molar-refractivity contribution < 1.29 is 23.1 Å². The maximum Gasteiger partial charge on any atom is 0.335 e. The summed E-state index contributed by atoms with van der Waals surface area (Å²) in [5.74, 6) is -1.15. The van der Waals surface area contributed by atoms with E-state index in [9.17, 15) is 18.0 Å². The molecular formula is C18H25NO5S. The molecular weight excluding hydrogens is 342 g/mol. The van der Waals surface area contributed by atoms with Crippen LogP contribution in [0.5, 0.6) is 0 Å². The summed E-state index contributed by atoms with van der Waals surface area (Å²) in [7, 11) is -3.57. The van der Waals surface area contributed by atoms with Crippen LogP contribution < -0.4 is 5.32 Å². The van der Waals surface area contributed by atoms with Crippen LogP contribution in [0.25, 0.3) is 0 Å². The largest absolute Gasteiger partial charge is 0.478 e. The van der Waals surface area contributed by atoms with Gasteiger partial charge in [0.1, 0.15) is 0 Å². The summed E-state index contributed by atoms with van der Waals surface area (Å²) in [6.07, 6.45) is 5.51. The fourth-order valence-electron chi connectivity index (χ4n) is 3.15. The first-order chi connectivity index (χ1) is 11.5. The van der Waals surface area contributed by atoms with E-state index in [1.807, 2.05) is 0 Å². The Morgan fingerprint density at radius 2 is 1.80 bits per heavy atom. The average molecular weight is 367 g/mol. The molecule has 0 atom stereocenters. The highest BCUT2D eigenvalue weighted by molar-refractivity contribution is 7.90. The summed E-state index contributed by atoms with van der Waals surface area (Å²) in [5, 5.41) is 11.8. The van der Waals surface area contributed by atoms with E-state index in [2.05, 4.69) is 19.2 Å². The maximum atomic E-state index is 12.3. The van der Waals surface area contributed by atoms with Crippen molar-refractivity contribution in [2.45, 2.75) is 50.8 Å². The molecule has 7 heteroatoms. The van der Waals surface area contributed by atoms with E-state index in [1.54, 1.807) is 0 Å². The molecule has 0 saturated heterocycles. The maximum absolute atomic E-state index is 12.3. The average Bonchev–Trinajstić information content (AvgIpc) is 2.48. The third kappa shape index (κ3) is 5.56. The number of aromatic carboxylic acids is 1. The van der Waals surface area contributed by atoms with Gasteiger partial charge < -0.3 is 10.4 Å². The minimum Gasteiger partial charge on any atom is -0.478 e. The van der Waals surface area contributed by atoms with Crippen LogP contribution in [0.1, 0.15) is 56.3 Å². The first kappa shape index (κ1) is 19.4. The van der Waals surface area contributed by atoms with E-state index in [4.69, 9.17) is 5.11 Å². The fraction of sp³-hybridized carbons (Fsp3) is 0.556. The van der Waals surface area contributed by atoms with Crippen molar-refractivity contribution in [1.29, 1.82) is 0 Å². The Bertz CT molecular complexity index is 773. The van der Waals surface area contributed by atoms with Crippen molar-refractivity contribution in [3.05, 3.63) is 23.8 Å². The molecule has 1 aliphatic carbocycles. The number of carboxylic acid groups (broad SMARTS) is 1. The summed E-state index contributed by atoms with van der Waals surface area (Å²) in [5.41, 5.74) is 0.354. The Morgan fingerprint density at radius 1 is 1.20 bits per heavy atom. The molecule has 1 aromatic carbocycles. The van der Waals surface area contributed by atoms with Crippen LogP contribution in [-0.2, 0) is 14.6 Å². The Kier molecular flexibility index (Phi) is 5.56. The molecule has 6 nitrogen and oxygen atoms in total. The Labute approximate surface area is 148 Å². The Hall–Kier alpha value is -1.89. The van der Waals surface area contributed by atoms with E-state index in [-0.39, 0.29) is 22.1 Å². The predicted molar refractivity (Wildman–Crippen MR) is 95.5 cm³/mol. The molecule has 2 N–H and O–H groups in total. The Balaban J connectivity index is 2.10. The molecule has 0 spiro atoms. The van der Waals surface area contributed by atoms with Crippen LogP contribution in [-0.4, -0.2) is 31.7 Å². The summed E-state index contributed by atoms with van der Waals surface area (Å²) in [4.78, 5) is 23.3. The smallest absolute Gasteiger partial charge is 0.335 e. The monoisotopic (exact) mass is 367 g/mol. The Morgan fingerprint density at radius 3 is 2.32 bits per heavy atom. The normalized spacial score (nSPS) is 17.9. The zero-order chi connectivity index (χ0) is 18.8. The van der Waals surface area contributed by atoms with Gasteiger partial charge in [0.05, 0.1) is 10.5 Å². The quantitative estimate of drug-likeness (QED) is 0.831. The second kappa shape index (κ2) is 7.15. The van der Waals surface area contributed by atoms with Crippen molar-refractivity contribution in [1.82, 2.24) is 0 Å². The highest BCUT2D eigenvalue weighted by Crippen LogP contribution is 2.39. The van der Waals surface area contributed by atoms with Crippen LogP contribution in [0.15, 0.2) is 23.1 Å². The molecule has 0 unspecified atom stereocenters. The van der Waals surface area contributed by atoms with Crippen LogP contribution in [0, 0.1) is 11.3 Å². The second-order valence-corrected chi connectivity index (χ2v) is 9.70. The number of sulfone groups is 1. The van der Waals surface area contributed by atoms with E-state index < -0.39 is 15.8 Å². The third-order valence-electron chi connectivity index (χ3n) is 4.80. The van der Waals surface area contributed by atoms with Crippen LogP contribution in [0.4, 0.5) is 5.69 Å². The van der Waals surface area contributed by atoms with Gasteiger partial charge in [0.2, 0.25) is 5.91 Å². The molecule has 1 aromatic rings. The number of benzene rings is 1. The molecule has 1 aliphatic rings. The lowest BCUT2D eigenvalue weighted by Gasteiger charge is -2.34. The van der Waals surface area contributed by atoms with E-state index in [1.165, 1.54) is 12.1 Å². The first-order valence-corrected chi connectivity index (χ1v) is 10.2. The highest BCUT2D eigenvalue weighted by Gasteiger charge is 2.28. The van der Waals surface area contributed by atoms with Crippen molar-refractivity contribution in [3.8, 4) is 0 Å². The lowest BCUT2D eigenvalue weighted by Crippen LogP contribution is -2.24. The van der Waals surface area contributed by atoms with Crippen LogP contribution in [0.2, 0.25) is 0 Å². The molecule has 1 fully saturated rings. The number of carbonyl (C=O) groups is 2. The molecule has 0 bridgehead atoms. The van der Waals surface area contributed by atoms with Gasteiger partial charge in [-0.2, -0.15) is 0 Å². The van der Waals surface area contributed by atoms with Gasteiger partial charge in [-0.15, -0.1) is 0 Å². The third-order valence-corrected chi connectivity index (χ3v) is 5.89. The first-order valence-electron chi connectivity index (χ1n) is 8.35. The second-order valence-electron chi connectivity index (χ2n) is 7.68. The predicted octanol–water partition coefficient (Wildman–Crippen LogP) is 3.33. The van der Waals surface area contributed by atoms with Gasteiger partial charge in [-0.1, -0.05) is 13.8 Å². The molecule has 0 radical (unpaired) electrons. The summed E-state index contributed by atoms with van der Waals surface area (Å²) >= 11 is 0. The number of rotatable bonds is 5. The summed E-state index contributed by atoms with van der Waals surface area (Å²) in [6.45, 7) is 4.46. The van der Waals surface area contributed by atoms with Crippen LogP contribution >= 0.6 is 0 Å².